The summed E-state index contributed by atoms with van der Waals surface area (Å²) in [4.78, 5) is 0. The van der Waals surface area contributed by atoms with E-state index in [4.69, 9.17) is 23.4 Å². The summed E-state index contributed by atoms with van der Waals surface area (Å²) in [6, 6.07) is 0. The molecule has 168 valence electrons. The van der Waals surface area contributed by atoms with Crippen LogP contribution in [-0.4, -0.2) is 53.2 Å². The first-order valence-corrected chi connectivity index (χ1v) is 13.7. The van der Waals surface area contributed by atoms with Crippen LogP contribution in [0.3, 0.4) is 0 Å². The van der Waals surface area contributed by atoms with Gasteiger partial charge in [-0.25, -0.2) is 0 Å². The summed E-state index contributed by atoms with van der Waals surface area (Å²) < 4.78 is 30.2. The Balaban J connectivity index is 1.99. The van der Waals surface area contributed by atoms with Gasteiger partial charge in [-0.05, 0) is 50.9 Å². The summed E-state index contributed by atoms with van der Waals surface area (Å²) in [6.07, 6.45) is 7.83. The molecule has 6 heteroatoms. The van der Waals surface area contributed by atoms with Crippen LogP contribution < -0.4 is 0 Å². The van der Waals surface area contributed by atoms with E-state index in [1.165, 1.54) is 5.57 Å². The lowest BCUT2D eigenvalue weighted by molar-refractivity contribution is -0.150. The van der Waals surface area contributed by atoms with Gasteiger partial charge in [-0.2, -0.15) is 0 Å². The molecule has 29 heavy (non-hydrogen) atoms. The molecule has 2 aliphatic rings. The Labute approximate surface area is 178 Å². The van der Waals surface area contributed by atoms with Gasteiger partial charge in [0, 0.05) is 20.0 Å². The highest BCUT2D eigenvalue weighted by Crippen LogP contribution is 2.38. The van der Waals surface area contributed by atoms with Crippen molar-refractivity contribution in [2.45, 2.75) is 103 Å². The van der Waals surface area contributed by atoms with Gasteiger partial charge in [0.1, 0.15) is 6.10 Å². The summed E-state index contributed by atoms with van der Waals surface area (Å²) in [5.41, 5.74) is 1.36. The van der Waals surface area contributed by atoms with E-state index >= 15 is 0 Å². The van der Waals surface area contributed by atoms with Crippen molar-refractivity contribution in [3.8, 4) is 0 Å². The molecule has 1 heterocycles. The van der Waals surface area contributed by atoms with E-state index in [1.807, 2.05) is 13.8 Å². The molecule has 5 nitrogen and oxygen atoms in total. The van der Waals surface area contributed by atoms with Gasteiger partial charge in [0.25, 0.3) is 0 Å². The van der Waals surface area contributed by atoms with Gasteiger partial charge in [-0.3, -0.25) is 0 Å². The first-order chi connectivity index (χ1) is 13.4. The largest absolute Gasteiger partial charge is 0.501 e. The van der Waals surface area contributed by atoms with Crippen molar-refractivity contribution in [3.63, 3.8) is 0 Å². The van der Waals surface area contributed by atoms with Crippen LogP contribution in [0.15, 0.2) is 23.5 Å². The van der Waals surface area contributed by atoms with Crippen LogP contribution in [0.1, 0.15) is 60.3 Å². The molecule has 0 amide bonds. The van der Waals surface area contributed by atoms with E-state index in [9.17, 15) is 0 Å². The van der Waals surface area contributed by atoms with Crippen LogP contribution in [0.25, 0.3) is 0 Å². The molecule has 1 saturated heterocycles. The molecular weight excluding hydrogens is 384 g/mol. The molecule has 0 radical (unpaired) electrons. The molecule has 0 aromatic rings. The van der Waals surface area contributed by atoms with Crippen molar-refractivity contribution in [2.24, 2.45) is 0 Å². The molecule has 3 atom stereocenters. The predicted molar refractivity (Wildman–Crippen MR) is 119 cm³/mol. The van der Waals surface area contributed by atoms with E-state index in [0.717, 1.165) is 31.4 Å². The maximum atomic E-state index is 6.45. The minimum Gasteiger partial charge on any atom is -0.501 e. The number of ether oxygens (including phenoxy) is 4. The summed E-state index contributed by atoms with van der Waals surface area (Å²) >= 11 is 0. The molecule has 0 saturated carbocycles. The highest BCUT2D eigenvalue weighted by molar-refractivity contribution is 6.74. The minimum atomic E-state index is -1.84. The van der Waals surface area contributed by atoms with Crippen LogP contribution in [0, 0.1) is 0 Å². The van der Waals surface area contributed by atoms with Crippen molar-refractivity contribution in [3.05, 3.63) is 23.5 Å². The normalized spacial score (nSPS) is 26.1. The smallest absolute Gasteiger partial charge is 0.192 e. The van der Waals surface area contributed by atoms with E-state index in [-0.39, 0.29) is 23.4 Å². The van der Waals surface area contributed by atoms with E-state index in [2.05, 4.69) is 46.0 Å². The van der Waals surface area contributed by atoms with Crippen LogP contribution >= 0.6 is 0 Å². The molecule has 0 bridgehead atoms. The maximum absolute atomic E-state index is 6.45. The zero-order chi connectivity index (χ0) is 21.9. The number of rotatable bonds is 9. The summed E-state index contributed by atoms with van der Waals surface area (Å²) in [7, 11) is 1.68. The van der Waals surface area contributed by atoms with Crippen molar-refractivity contribution in [1.82, 2.24) is 0 Å². The Morgan fingerprint density at radius 1 is 1.14 bits per heavy atom. The predicted octanol–water partition coefficient (Wildman–Crippen LogP) is 5.57. The van der Waals surface area contributed by atoms with E-state index < -0.39 is 14.1 Å². The minimum absolute atomic E-state index is 0.0404. The molecular formula is C23H42O5Si. The lowest BCUT2D eigenvalue weighted by atomic mass is 9.95. The zero-order valence-corrected chi connectivity index (χ0v) is 21.0. The number of hydrogen-bond donors (Lipinski definition) is 0. The lowest BCUT2D eigenvalue weighted by Gasteiger charge is -2.37. The van der Waals surface area contributed by atoms with E-state index in [1.54, 1.807) is 14.2 Å². The lowest BCUT2D eigenvalue weighted by Crippen LogP contribution is -2.44. The molecule has 0 spiro atoms. The molecule has 0 N–H and O–H groups in total. The van der Waals surface area contributed by atoms with Crippen molar-refractivity contribution >= 4 is 8.32 Å². The molecule has 1 fully saturated rings. The molecule has 1 aliphatic carbocycles. The average Bonchev–Trinajstić information content (AvgIpc) is 2.92. The molecule has 0 unspecified atom stereocenters. The van der Waals surface area contributed by atoms with Gasteiger partial charge in [0.05, 0.1) is 31.7 Å². The van der Waals surface area contributed by atoms with Crippen molar-refractivity contribution < 1.29 is 23.4 Å². The summed E-state index contributed by atoms with van der Waals surface area (Å²) in [5, 5.41) is 0.173. The van der Waals surface area contributed by atoms with Gasteiger partial charge in [0.15, 0.2) is 14.1 Å². The van der Waals surface area contributed by atoms with Gasteiger partial charge in [-0.1, -0.05) is 32.4 Å². The first kappa shape index (κ1) is 24.6. The highest BCUT2D eigenvalue weighted by Gasteiger charge is 2.44. The molecule has 2 rings (SSSR count). The van der Waals surface area contributed by atoms with Crippen LogP contribution in [0.5, 0.6) is 0 Å². The molecule has 1 aliphatic heterocycles. The van der Waals surface area contributed by atoms with Gasteiger partial charge < -0.3 is 23.4 Å². The first-order valence-electron chi connectivity index (χ1n) is 10.8. The molecule has 0 aromatic heterocycles. The third-order valence-electron chi connectivity index (χ3n) is 6.43. The fraction of sp³-hybridized carbons (Fsp3) is 0.826. The quantitative estimate of drug-likeness (QED) is 0.356. The van der Waals surface area contributed by atoms with Crippen LogP contribution in [0.4, 0.5) is 0 Å². The van der Waals surface area contributed by atoms with Crippen molar-refractivity contribution in [1.29, 1.82) is 0 Å². The fourth-order valence-electron chi connectivity index (χ4n) is 3.61. The summed E-state index contributed by atoms with van der Waals surface area (Å²) in [6.45, 7) is 15.9. The Morgan fingerprint density at radius 2 is 1.79 bits per heavy atom. The van der Waals surface area contributed by atoms with Gasteiger partial charge in [0.2, 0.25) is 0 Å². The van der Waals surface area contributed by atoms with Gasteiger partial charge in [-0.15, -0.1) is 0 Å². The second-order valence-corrected chi connectivity index (χ2v) is 15.0. The monoisotopic (exact) mass is 426 g/mol. The molecule has 0 aromatic carbocycles. The summed E-state index contributed by atoms with van der Waals surface area (Å²) in [5.74, 6) is 0.445. The third-order valence-corrected chi connectivity index (χ3v) is 10.9. The van der Waals surface area contributed by atoms with Crippen LogP contribution in [-0.2, 0) is 23.4 Å². The van der Waals surface area contributed by atoms with E-state index in [0.29, 0.717) is 6.61 Å². The number of methoxy groups -OCH3 is 2. The second-order valence-electron chi connectivity index (χ2n) is 10.2. The second kappa shape index (κ2) is 9.65. The maximum Gasteiger partial charge on any atom is 0.192 e. The standard InChI is InChI=1S/C23H42O5Si/c1-22(2,3)29(8,9)26-16-21-20(27-23(4,5)28-21)15-19(25-7)14-17-11-10-12-18(13-17)24-6/h11-12,19-21H,10,13-16H2,1-9H3/t19-,20+,21+/m0/s1. The fourth-order valence-corrected chi connectivity index (χ4v) is 4.62. The topological polar surface area (TPSA) is 46.2 Å². The Kier molecular flexibility index (Phi) is 8.18. The highest BCUT2D eigenvalue weighted by atomic mass is 28.4. The Bertz CT molecular complexity index is 603. The Hall–Kier alpha value is -0.663. The van der Waals surface area contributed by atoms with Gasteiger partial charge >= 0.3 is 0 Å². The third kappa shape index (κ3) is 6.93. The SMILES string of the molecule is COC1=CCC=C(C[C@@H](C[C@H]2OC(C)(C)O[C@@H]2CO[Si](C)(C)C(C)(C)C)OC)C1. The Morgan fingerprint density at radius 3 is 2.38 bits per heavy atom. The van der Waals surface area contributed by atoms with Crippen LogP contribution in [0.2, 0.25) is 18.1 Å². The zero-order valence-electron chi connectivity index (χ0n) is 20.0. The number of hydrogen-bond acceptors (Lipinski definition) is 5. The number of allylic oxidation sites excluding steroid dienone is 3. The average molecular weight is 427 g/mol. The van der Waals surface area contributed by atoms with Crippen molar-refractivity contribution in [2.75, 3.05) is 20.8 Å².